The normalized spacial score (nSPS) is 10.9. The number of benzene rings is 2. The van der Waals surface area contributed by atoms with E-state index >= 15 is 0 Å². The van der Waals surface area contributed by atoms with E-state index in [0.29, 0.717) is 5.56 Å². The zero-order chi connectivity index (χ0) is 21.0. The smallest absolute Gasteiger partial charge is 0.333 e. The quantitative estimate of drug-likeness (QED) is 0.321. The summed E-state index contributed by atoms with van der Waals surface area (Å²) in [5.74, 6) is 0.289. The molecule has 3 aromatic rings. The van der Waals surface area contributed by atoms with Crippen LogP contribution in [0.1, 0.15) is 11.3 Å². The summed E-state index contributed by atoms with van der Waals surface area (Å²) in [7, 11) is 1.69. The van der Waals surface area contributed by atoms with Gasteiger partial charge in [0.2, 0.25) is 11.8 Å². The van der Waals surface area contributed by atoms with Gasteiger partial charge in [-0.3, -0.25) is 10.1 Å². The number of phenols is 1. The predicted octanol–water partition coefficient (Wildman–Crippen LogP) is 4.38. The van der Waals surface area contributed by atoms with Crippen LogP contribution < -0.4 is 10.3 Å². The molecule has 2 N–H and O–H groups in total. The first-order valence-corrected chi connectivity index (χ1v) is 9.25. The number of hydrogen-bond donors (Lipinski definition) is 2. The van der Waals surface area contributed by atoms with Crippen molar-refractivity contribution in [3.8, 4) is 5.75 Å². The molecular formula is C19H17BrN6O3. The van der Waals surface area contributed by atoms with E-state index in [9.17, 15) is 15.2 Å². The molecule has 0 aliphatic carbocycles. The maximum atomic E-state index is 11.6. The number of aryl methyl sites for hydroxylation is 1. The summed E-state index contributed by atoms with van der Waals surface area (Å²) in [4.78, 5) is 21.1. The van der Waals surface area contributed by atoms with Gasteiger partial charge in [0.05, 0.1) is 11.1 Å². The van der Waals surface area contributed by atoms with Crippen molar-refractivity contribution >= 4 is 45.3 Å². The van der Waals surface area contributed by atoms with Crippen LogP contribution >= 0.6 is 15.9 Å². The molecule has 0 saturated heterocycles. The Morgan fingerprint density at radius 1 is 1.24 bits per heavy atom. The molecule has 0 amide bonds. The van der Waals surface area contributed by atoms with Gasteiger partial charge in [0.15, 0.2) is 0 Å². The minimum atomic E-state index is -0.503. The number of rotatable bonds is 6. The second-order valence-corrected chi connectivity index (χ2v) is 6.95. The molecule has 0 saturated carbocycles. The first-order valence-electron chi connectivity index (χ1n) is 8.46. The lowest BCUT2D eigenvalue weighted by molar-refractivity contribution is -0.385. The average Bonchev–Trinajstić information content (AvgIpc) is 2.70. The molecule has 10 heteroatoms. The van der Waals surface area contributed by atoms with Crippen LogP contribution in [0.4, 0.5) is 23.1 Å². The highest BCUT2D eigenvalue weighted by Crippen LogP contribution is 2.33. The number of nitrogens with zero attached hydrogens (tertiary/aromatic N) is 5. The summed E-state index contributed by atoms with van der Waals surface area (Å²) in [6.45, 7) is 1.54. The number of hydrazone groups is 1. The Morgan fingerprint density at radius 2 is 1.97 bits per heavy atom. The Balaban J connectivity index is 1.94. The number of anilines is 3. The van der Waals surface area contributed by atoms with Crippen LogP contribution in [0.25, 0.3) is 0 Å². The third-order valence-corrected chi connectivity index (χ3v) is 4.53. The Hall–Kier alpha value is -3.53. The van der Waals surface area contributed by atoms with Gasteiger partial charge in [-0.05, 0) is 37.3 Å². The van der Waals surface area contributed by atoms with Crippen molar-refractivity contribution in [2.45, 2.75) is 6.92 Å². The summed E-state index contributed by atoms with van der Waals surface area (Å²) in [6, 6.07) is 14.1. The molecule has 29 heavy (non-hydrogen) atoms. The minimum absolute atomic E-state index is 0.0593. The Bertz CT molecular complexity index is 1080. The molecule has 0 spiro atoms. The summed E-state index contributed by atoms with van der Waals surface area (Å²) in [6.07, 6.45) is 1.40. The van der Waals surface area contributed by atoms with E-state index in [1.807, 2.05) is 30.3 Å². The maximum Gasteiger partial charge on any atom is 0.333 e. The first-order chi connectivity index (χ1) is 13.9. The number of aromatic hydroxyl groups is 1. The molecule has 1 aromatic heterocycles. The highest BCUT2D eigenvalue weighted by molar-refractivity contribution is 9.10. The van der Waals surface area contributed by atoms with Crippen molar-refractivity contribution in [1.29, 1.82) is 0 Å². The summed E-state index contributed by atoms with van der Waals surface area (Å²) >= 11 is 3.32. The van der Waals surface area contributed by atoms with E-state index < -0.39 is 4.92 Å². The van der Waals surface area contributed by atoms with Crippen molar-refractivity contribution in [3.05, 3.63) is 74.4 Å². The standard InChI is InChI=1S/C19H17BrN6O3/c1-12-17(26(28)29)18(25(2)15-6-4-3-5-7-15)23-19(22-12)24-21-11-13-10-14(20)8-9-16(13)27/h3-11,27H,1-2H3,(H,22,23,24)/b21-11+. The number of hydrogen-bond acceptors (Lipinski definition) is 8. The van der Waals surface area contributed by atoms with Crippen LogP contribution in [-0.2, 0) is 0 Å². The molecule has 0 bridgehead atoms. The number of nitrogens with one attached hydrogen (secondary N) is 1. The van der Waals surface area contributed by atoms with Crippen LogP contribution in [0.15, 0.2) is 58.1 Å². The molecule has 0 aliphatic heterocycles. The van der Waals surface area contributed by atoms with Gasteiger partial charge in [-0.2, -0.15) is 10.1 Å². The summed E-state index contributed by atoms with van der Waals surface area (Å²) in [5.41, 5.74) is 3.90. The van der Waals surface area contributed by atoms with Crippen LogP contribution in [0.3, 0.4) is 0 Å². The van der Waals surface area contributed by atoms with Gasteiger partial charge in [-0.1, -0.05) is 34.1 Å². The lowest BCUT2D eigenvalue weighted by atomic mass is 10.2. The zero-order valence-electron chi connectivity index (χ0n) is 15.6. The number of aromatic nitrogens is 2. The van der Waals surface area contributed by atoms with Crippen molar-refractivity contribution in [2.24, 2.45) is 5.10 Å². The fourth-order valence-corrected chi connectivity index (χ4v) is 2.99. The molecule has 0 fully saturated rings. The van der Waals surface area contributed by atoms with E-state index in [1.54, 1.807) is 24.1 Å². The fraction of sp³-hybridized carbons (Fsp3) is 0.105. The van der Waals surface area contributed by atoms with Crippen molar-refractivity contribution in [2.75, 3.05) is 17.4 Å². The maximum absolute atomic E-state index is 11.6. The topological polar surface area (TPSA) is 117 Å². The molecule has 0 radical (unpaired) electrons. The van der Waals surface area contributed by atoms with Gasteiger partial charge in [0.1, 0.15) is 11.4 Å². The van der Waals surface area contributed by atoms with E-state index in [0.717, 1.165) is 10.2 Å². The molecule has 0 aliphatic rings. The van der Waals surface area contributed by atoms with Gasteiger partial charge in [-0.25, -0.2) is 10.4 Å². The molecular weight excluding hydrogens is 440 g/mol. The first kappa shape index (κ1) is 20.2. The molecule has 0 atom stereocenters. The Morgan fingerprint density at radius 3 is 2.66 bits per heavy atom. The highest BCUT2D eigenvalue weighted by Gasteiger charge is 2.25. The predicted molar refractivity (Wildman–Crippen MR) is 115 cm³/mol. The minimum Gasteiger partial charge on any atom is -0.507 e. The molecule has 0 unspecified atom stereocenters. The van der Waals surface area contributed by atoms with Gasteiger partial charge >= 0.3 is 5.69 Å². The number of para-hydroxylation sites is 1. The third-order valence-electron chi connectivity index (χ3n) is 4.04. The largest absolute Gasteiger partial charge is 0.507 e. The van der Waals surface area contributed by atoms with Crippen LogP contribution in [-0.4, -0.2) is 33.3 Å². The van der Waals surface area contributed by atoms with Crippen LogP contribution in [0.5, 0.6) is 5.75 Å². The molecule has 2 aromatic carbocycles. The number of phenolic OH excluding ortho intramolecular Hbond substituents is 1. The summed E-state index contributed by atoms with van der Waals surface area (Å²) < 4.78 is 0.783. The van der Waals surface area contributed by atoms with Crippen molar-refractivity contribution in [1.82, 2.24) is 9.97 Å². The van der Waals surface area contributed by atoms with E-state index in [1.165, 1.54) is 19.2 Å². The molecule has 148 valence electrons. The zero-order valence-corrected chi connectivity index (χ0v) is 17.2. The Labute approximate surface area is 175 Å². The molecule has 1 heterocycles. The van der Waals surface area contributed by atoms with Gasteiger partial charge in [0.25, 0.3) is 0 Å². The lowest BCUT2D eigenvalue weighted by Gasteiger charge is -2.19. The van der Waals surface area contributed by atoms with E-state index in [2.05, 4.69) is 36.4 Å². The Kier molecular flexibility index (Phi) is 6.03. The van der Waals surface area contributed by atoms with E-state index in [-0.39, 0.29) is 28.9 Å². The van der Waals surface area contributed by atoms with Gasteiger partial charge in [0, 0.05) is 22.8 Å². The number of nitro groups is 1. The van der Waals surface area contributed by atoms with Crippen LogP contribution in [0.2, 0.25) is 0 Å². The van der Waals surface area contributed by atoms with Gasteiger partial charge < -0.3 is 10.0 Å². The number of halogens is 1. The SMILES string of the molecule is Cc1nc(N/N=C/c2cc(Br)ccc2O)nc(N(C)c2ccccc2)c1[N+](=O)[O-]. The van der Waals surface area contributed by atoms with Crippen molar-refractivity contribution < 1.29 is 10.0 Å². The highest BCUT2D eigenvalue weighted by atomic mass is 79.9. The molecule has 9 nitrogen and oxygen atoms in total. The average molecular weight is 457 g/mol. The second-order valence-electron chi connectivity index (χ2n) is 6.03. The second kappa shape index (κ2) is 8.65. The monoisotopic (exact) mass is 456 g/mol. The van der Waals surface area contributed by atoms with E-state index in [4.69, 9.17) is 0 Å². The summed E-state index contributed by atoms with van der Waals surface area (Å²) in [5, 5.41) is 25.5. The van der Waals surface area contributed by atoms with Crippen molar-refractivity contribution in [3.63, 3.8) is 0 Å². The molecule has 3 rings (SSSR count). The van der Waals surface area contributed by atoms with Crippen LogP contribution in [0, 0.1) is 17.0 Å². The fourth-order valence-electron chi connectivity index (χ4n) is 2.61. The van der Waals surface area contributed by atoms with Gasteiger partial charge in [-0.15, -0.1) is 0 Å². The third kappa shape index (κ3) is 4.66. The lowest BCUT2D eigenvalue weighted by Crippen LogP contribution is -2.16.